The number of methoxy groups -OCH3 is 2. The van der Waals surface area contributed by atoms with Gasteiger partial charge >= 0.3 is 11.9 Å². The van der Waals surface area contributed by atoms with Crippen LogP contribution in [0.3, 0.4) is 0 Å². The number of hydrogen-bond donors (Lipinski definition) is 4. The Labute approximate surface area is 200 Å². The van der Waals surface area contributed by atoms with E-state index in [4.69, 9.17) is 5.73 Å². The first-order valence-electron chi connectivity index (χ1n) is 10.4. The summed E-state index contributed by atoms with van der Waals surface area (Å²) in [5.74, 6) is -2.54. The van der Waals surface area contributed by atoms with Gasteiger partial charge in [-0.05, 0) is 42.8 Å². The number of carbonyl (C=O) groups excluding carboxylic acids is 4. The molecule has 0 spiro atoms. The normalized spacial score (nSPS) is 15.1. The molecule has 0 saturated carbocycles. The molecule has 1 aliphatic heterocycles. The molecule has 0 radical (unpaired) electrons. The zero-order valence-electron chi connectivity index (χ0n) is 19.2. The number of nitrogens with two attached hydrogens (primary N) is 1. The highest BCUT2D eigenvalue weighted by Gasteiger charge is 2.29. The fourth-order valence-electron chi connectivity index (χ4n) is 3.20. The molecule has 0 saturated heterocycles. The fourth-order valence-corrected chi connectivity index (χ4v) is 3.20. The van der Waals surface area contributed by atoms with Crippen molar-refractivity contribution in [1.82, 2.24) is 5.32 Å². The Bertz CT molecular complexity index is 1200. The summed E-state index contributed by atoms with van der Waals surface area (Å²) in [4.78, 5) is 56.8. The minimum atomic E-state index is -1.04. The molecular formula is C23H24N6O6. The van der Waals surface area contributed by atoms with Gasteiger partial charge in [0.15, 0.2) is 0 Å². The molecule has 1 unspecified atom stereocenters. The highest BCUT2D eigenvalue weighted by Crippen LogP contribution is 2.18. The van der Waals surface area contributed by atoms with Crippen molar-refractivity contribution >= 4 is 47.0 Å². The van der Waals surface area contributed by atoms with Crippen molar-refractivity contribution in [3.8, 4) is 0 Å². The summed E-state index contributed by atoms with van der Waals surface area (Å²) in [7, 11) is 2.37. The van der Waals surface area contributed by atoms with Crippen molar-refractivity contribution in [2.24, 2.45) is 15.7 Å². The summed E-state index contributed by atoms with van der Waals surface area (Å²) >= 11 is 0. The molecule has 0 aliphatic carbocycles. The van der Waals surface area contributed by atoms with Crippen molar-refractivity contribution in [1.29, 1.82) is 0 Å². The maximum absolute atomic E-state index is 12.6. The average molecular weight is 480 g/mol. The van der Waals surface area contributed by atoms with Crippen LogP contribution in [-0.2, 0) is 19.1 Å². The second-order valence-corrected chi connectivity index (χ2v) is 7.48. The second kappa shape index (κ2) is 10.9. The van der Waals surface area contributed by atoms with Crippen molar-refractivity contribution in [3.63, 3.8) is 0 Å². The first kappa shape index (κ1) is 24.9. The monoisotopic (exact) mass is 480 g/mol. The molecular weight excluding hydrogens is 456 g/mol. The number of nitrogens with one attached hydrogen (secondary N) is 3. The Morgan fingerprint density at radius 1 is 1.03 bits per heavy atom. The molecule has 0 bridgehead atoms. The predicted molar refractivity (Wildman–Crippen MR) is 128 cm³/mol. The van der Waals surface area contributed by atoms with E-state index in [1.165, 1.54) is 32.4 Å². The van der Waals surface area contributed by atoms with E-state index in [-0.39, 0.29) is 35.2 Å². The zero-order chi connectivity index (χ0) is 25.5. The molecule has 12 heteroatoms. The first-order valence-corrected chi connectivity index (χ1v) is 10.4. The van der Waals surface area contributed by atoms with Crippen LogP contribution in [0.4, 0.5) is 11.4 Å². The van der Waals surface area contributed by atoms with Crippen LogP contribution >= 0.6 is 0 Å². The topological polar surface area (TPSA) is 174 Å². The molecule has 35 heavy (non-hydrogen) atoms. The molecule has 1 atom stereocenters. The van der Waals surface area contributed by atoms with Crippen LogP contribution in [0.5, 0.6) is 0 Å². The third-order valence-electron chi connectivity index (χ3n) is 4.77. The van der Waals surface area contributed by atoms with Crippen LogP contribution in [-0.4, -0.2) is 55.9 Å². The Morgan fingerprint density at radius 3 is 2.29 bits per heavy atom. The van der Waals surface area contributed by atoms with E-state index in [2.05, 4.69) is 35.4 Å². The lowest BCUT2D eigenvalue weighted by atomic mass is 10.1. The summed E-state index contributed by atoms with van der Waals surface area (Å²) in [5, 5.41) is 7.90. The van der Waals surface area contributed by atoms with Gasteiger partial charge < -0.3 is 25.8 Å². The summed E-state index contributed by atoms with van der Waals surface area (Å²) in [5.41, 5.74) is 7.84. The number of nitrogens with zero attached hydrogens (tertiary/aromatic N) is 2. The second-order valence-electron chi connectivity index (χ2n) is 7.48. The molecule has 2 aromatic rings. The number of hydrogen-bond acceptors (Lipinski definition) is 8. The van der Waals surface area contributed by atoms with Gasteiger partial charge in [0, 0.05) is 11.4 Å². The van der Waals surface area contributed by atoms with Crippen LogP contribution in [0.2, 0.25) is 0 Å². The highest BCUT2D eigenvalue weighted by atomic mass is 16.5. The molecule has 1 heterocycles. The number of rotatable bonds is 6. The molecule has 0 fully saturated rings. The van der Waals surface area contributed by atoms with Crippen molar-refractivity contribution in [2.75, 3.05) is 24.9 Å². The number of ether oxygens (including phenoxy) is 2. The maximum Gasteiger partial charge on any atom is 0.337 e. The number of benzene rings is 2. The Morgan fingerprint density at radius 2 is 1.69 bits per heavy atom. The van der Waals surface area contributed by atoms with E-state index in [0.29, 0.717) is 5.69 Å². The van der Waals surface area contributed by atoms with Gasteiger partial charge in [0.05, 0.1) is 31.8 Å². The minimum Gasteiger partial charge on any atom is -0.465 e. The maximum atomic E-state index is 12.6. The van der Waals surface area contributed by atoms with Crippen LogP contribution in [0.1, 0.15) is 32.7 Å². The number of guanidine groups is 2. The number of esters is 2. The van der Waals surface area contributed by atoms with Crippen molar-refractivity contribution < 1.29 is 28.7 Å². The number of amides is 2. The van der Waals surface area contributed by atoms with E-state index in [9.17, 15) is 19.2 Å². The summed E-state index contributed by atoms with van der Waals surface area (Å²) < 4.78 is 9.34. The number of anilines is 2. The summed E-state index contributed by atoms with van der Waals surface area (Å²) in [6.45, 7) is 1.93. The molecule has 1 aliphatic rings. The van der Waals surface area contributed by atoms with Crippen molar-refractivity contribution in [2.45, 2.75) is 19.4 Å². The first-order chi connectivity index (χ1) is 16.7. The van der Waals surface area contributed by atoms with Crippen LogP contribution < -0.4 is 21.7 Å². The van der Waals surface area contributed by atoms with Crippen LogP contribution in [0, 0.1) is 6.92 Å². The lowest BCUT2D eigenvalue weighted by Gasteiger charge is -2.10. The van der Waals surface area contributed by atoms with E-state index in [1.54, 1.807) is 6.07 Å². The van der Waals surface area contributed by atoms with Crippen LogP contribution in [0.25, 0.3) is 0 Å². The molecule has 3 rings (SSSR count). The molecule has 12 nitrogen and oxygen atoms in total. The van der Waals surface area contributed by atoms with Gasteiger partial charge in [-0.25, -0.2) is 14.6 Å². The third-order valence-corrected chi connectivity index (χ3v) is 4.77. The van der Waals surface area contributed by atoms with Gasteiger partial charge in [0.2, 0.25) is 17.8 Å². The number of aryl methyl sites for hydroxylation is 1. The third kappa shape index (κ3) is 6.63. The Hall–Kier alpha value is -4.74. The highest BCUT2D eigenvalue weighted by molar-refractivity contribution is 6.11. The number of aliphatic imine (C=N–C) groups is 2. The quantitative estimate of drug-likeness (QED) is 0.271. The molecule has 0 aromatic heterocycles. The summed E-state index contributed by atoms with van der Waals surface area (Å²) in [6, 6.07) is 10.4. The van der Waals surface area contributed by atoms with Gasteiger partial charge in [-0.15, -0.1) is 0 Å². The molecule has 2 amide bonds. The van der Waals surface area contributed by atoms with E-state index in [1.807, 2.05) is 25.1 Å². The fraction of sp³-hybridized carbons (Fsp3) is 0.217. The molecule has 2 aromatic carbocycles. The Balaban J connectivity index is 1.69. The van der Waals surface area contributed by atoms with E-state index < -0.39 is 29.8 Å². The van der Waals surface area contributed by atoms with E-state index in [0.717, 1.165) is 5.56 Å². The SMILES string of the molecule is COC(=O)c1cc(NC(=O)CC2N=C(/N=C(\N)Nc3cccc(C)c3)NC2=O)cc(C(=O)OC)c1. The lowest BCUT2D eigenvalue weighted by Crippen LogP contribution is -2.32. The largest absolute Gasteiger partial charge is 0.465 e. The van der Waals surface area contributed by atoms with Gasteiger partial charge in [-0.2, -0.15) is 4.99 Å². The molecule has 5 N–H and O–H groups in total. The lowest BCUT2D eigenvalue weighted by molar-refractivity contribution is -0.123. The Kier molecular flexibility index (Phi) is 7.77. The molecule has 182 valence electrons. The average Bonchev–Trinajstić information content (AvgIpc) is 3.15. The van der Waals surface area contributed by atoms with Gasteiger partial charge in [0.1, 0.15) is 6.04 Å². The van der Waals surface area contributed by atoms with E-state index >= 15 is 0 Å². The standard InChI is InChI=1S/C23H24N6O6/c1-12-5-4-6-15(7-12)26-22(24)29-23-27-17(19(31)28-23)11-18(30)25-16-9-13(20(32)34-2)8-14(10-16)21(33)35-3/h4-10,17H,11H2,1-3H3,(H,25,30)(H4,24,26,27,28,29,31). The zero-order valence-corrected chi connectivity index (χ0v) is 19.2. The van der Waals surface area contributed by atoms with Gasteiger partial charge in [-0.1, -0.05) is 12.1 Å². The predicted octanol–water partition coefficient (Wildman–Crippen LogP) is 1.18. The minimum absolute atomic E-state index is 0.00900. The van der Waals surface area contributed by atoms with Gasteiger partial charge in [-0.3, -0.25) is 14.9 Å². The summed E-state index contributed by atoms with van der Waals surface area (Å²) in [6.07, 6.45) is -0.313. The smallest absolute Gasteiger partial charge is 0.337 e. The van der Waals surface area contributed by atoms with Crippen molar-refractivity contribution in [3.05, 3.63) is 59.2 Å². The van der Waals surface area contributed by atoms with Crippen LogP contribution in [0.15, 0.2) is 52.4 Å². The number of carbonyl (C=O) groups is 4. The van der Waals surface area contributed by atoms with Gasteiger partial charge in [0.25, 0.3) is 5.91 Å².